The minimum Gasteiger partial charge on any atom is -0.352 e. The van der Waals surface area contributed by atoms with Crippen molar-refractivity contribution < 1.29 is 4.79 Å². The van der Waals surface area contributed by atoms with E-state index >= 15 is 0 Å². The summed E-state index contributed by atoms with van der Waals surface area (Å²) in [4.78, 5) is 30.5. The summed E-state index contributed by atoms with van der Waals surface area (Å²) in [6.45, 7) is 6.25. The average molecular weight is 423 g/mol. The summed E-state index contributed by atoms with van der Waals surface area (Å²) < 4.78 is 3.34. The molecule has 0 saturated carbocycles. The van der Waals surface area contributed by atoms with E-state index in [0.29, 0.717) is 22.6 Å². The van der Waals surface area contributed by atoms with E-state index in [-0.39, 0.29) is 24.1 Å². The third-order valence-electron chi connectivity index (χ3n) is 5.00. The van der Waals surface area contributed by atoms with Gasteiger partial charge in [0.05, 0.1) is 18.4 Å². The molecule has 2 aromatic carbocycles. The van der Waals surface area contributed by atoms with Crippen LogP contribution in [0.15, 0.2) is 53.6 Å². The molecule has 2 heterocycles. The first-order valence-electron chi connectivity index (χ1n) is 9.85. The van der Waals surface area contributed by atoms with Gasteiger partial charge >= 0.3 is 0 Å². The smallest absolute Gasteiger partial charge is 0.278 e. The van der Waals surface area contributed by atoms with Crippen LogP contribution in [0.2, 0.25) is 5.02 Å². The van der Waals surface area contributed by atoms with Gasteiger partial charge in [0.25, 0.3) is 5.56 Å². The molecule has 0 bridgehead atoms. The summed E-state index contributed by atoms with van der Waals surface area (Å²) in [6.07, 6.45) is 1.57. The molecule has 1 amide bonds. The SMILES string of the molecule is Cc1ccc2c(c1)c1ncn(Cc3ccc(Cl)cc3)c(=O)c1n2CC(=O)NC(C)C. The van der Waals surface area contributed by atoms with Crippen molar-refractivity contribution >= 4 is 39.4 Å². The fourth-order valence-electron chi connectivity index (χ4n) is 3.69. The molecule has 0 aliphatic carbocycles. The summed E-state index contributed by atoms with van der Waals surface area (Å²) in [5.41, 5.74) is 3.71. The van der Waals surface area contributed by atoms with Crippen molar-refractivity contribution in [2.75, 3.05) is 0 Å². The number of nitrogens with one attached hydrogen (secondary N) is 1. The zero-order valence-corrected chi connectivity index (χ0v) is 17.9. The van der Waals surface area contributed by atoms with Crippen LogP contribution in [0.3, 0.4) is 0 Å². The highest BCUT2D eigenvalue weighted by atomic mass is 35.5. The molecule has 6 nitrogen and oxygen atoms in total. The standard InChI is InChI=1S/C23H23ClN4O2/c1-14(2)26-20(29)12-28-19-9-4-15(3)10-18(19)21-22(28)23(30)27(13-25-21)11-16-5-7-17(24)8-6-16/h4-10,13-14H,11-12H2,1-3H3,(H,26,29). The molecule has 30 heavy (non-hydrogen) atoms. The highest BCUT2D eigenvalue weighted by molar-refractivity contribution is 6.30. The highest BCUT2D eigenvalue weighted by Crippen LogP contribution is 2.26. The van der Waals surface area contributed by atoms with Crippen molar-refractivity contribution in [1.82, 2.24) is 19.4 Å². The van der Waals surface area contributed by atoms with Crippen molar-refractivity contribution in [2.24, 2.45) is 0 Å². The maximum absolute atomic E-state index is 13.4. The number of fused-ring (bicyclic) bond motifs is 3. The van der Waals surface area contributed by atoms with Gasteiger partial charge in [0, 0.05) is 16.5 Å². The molecule has 4 rings (SSSR count). The molecule has 0 saturated heterocycles. The Morgan fingerprint density at radius 1 is 1.17 bits per heavy atom. The van der Waals surface area contributed by atoms with Gasteiger partial charge in [0.2, 0.25) is 5.91 Å². The molecule has 154 valence electrons. The van der Waals surface area contributed by atoms with E-state index in [1.165, 1.54) is 0 Å². The Hall–Kier alpha value is -3.12. The summed E-state index contributed by atoms with van der Waals surface area (Å²) >= 11 is 5.96. The van der Waals surface area contributed by atoms with Crippen LogP contribution >= 0.6 is 11.6 Å². The van der Waals surface area contributed by atoms with E-state index < -0.39 is 0 Å². The number of aromatic nitrogens is 3. The van der Waals surface area contributed by atoms with Crippen LogP contribution in [-0.2, 0) is 17.9 Å². The molecule has 0 spiro atoms. The lowest BCUT2D eigenvalue weighted by Crippen LogP contribution is -2.33. The number of rotatable bonds is 5. The predicted molar refractivity (Wildman–Crippen MR) is 120 cm³/mol. The van der Waals surface area contributed by atoms with Gasteiger partial charge in [-0.25, -0.2) is 4.98 Å². The van der Waals surface area contributed by atoms with E-state index in [9.17, 15) is 9.59 Å². The Morgan fingerprint density at radius 3 is 2.60 bits per heavy atom. The minimum atomic E-state index is -0.179. The fourth-order valence-corrected chi connectivity index (χ4v) is 3.81. The van der Waals surface area contributed by atoms with Crippen LogP contribution in [-0.4, -0.2) is 26.1 Å². The number of nitrogens with zero attached hydrogens (tertiary/aromatic N) is 3. The lowest BCUT2D eigenvalue weighted by Gasteiger charge is -2.11. The maximum Gasteiger partial charge on any atom is 0.278 e. The Labute approximate surface area is 179 Å². The van der Waals surface area contributed by atoms with Crippen LogP contribution in [0.4, 0.5) is 0 Å². The van der Waals surface area contributed by atoms with Crippen LogP contribution in [0.25, 0.3) is 21.9 Å². The van der Waals surface area contributed by atoms with Crippen LogP contribution < -0.4 is 10.9 Å². The van der Waals surface area contributed by atoms with Crippen molar-refractivity contribution in [3.8, 4) is 0 Å². The number of carbonyl (C=O) groups excluding carboxylic acids is 1. The molecule has 0 radical (unpaired) electrons. The van der Waals surface area contributed by atoms with E-state index in [2.05, 4.69) is 10.3 Å². The van der Waals surface area contributed by atoms with Gasteiger partial charge in [-0.2, -0.15) is 0 Å². The van der Waals surface area contributed by atoms with Crippen molar-refractivity contribution in [3.63, 3.8) is 0 Å². The second-order valence-corrected chi connectivity index (χ2v) is 8.27. The molecule has 0 unspecified atom stereocenters. The van der Waals surface area contributed by atoms with Crippen molar-refractivity contribution in [3.05, 3.63) is 75.3 Å². The molecule has 7 heteroatoms. The lowest BCUT2D eigenvalue weighted by atomic mass is 10.1. The van der Waals surface area contributed by atoms with Gasteiger partial charge in [0.1, 0.15) is 17.6 Å². The van der Waals surface area contributed by atoms with Gasteiger partial charge in [-0.3, -0.25) is 14.2 Å². The minimum absolute atomic E-state index is 0.0209. The van der Waals surface area contributed by atoms with E-state index in [4.69, 9.17) is 11.6 Å². The first-order valence-corrected chi connectivity index (χ1v) is 10.2. The lowest BCUT2D eigenvalue weighted by molar-refractivity contribution is -0.122. The Balaban J connectivity index is 1.88. The number of benzene rings is 2. The molecule has 0 atom stereocenters. The average Bonchev–Trinajstić information content (AvgIpc) is 2.98. The zero-order chi connectivity index (χ0) is 21.4. The van der Waals surface area contributed by atoms with Crippen LogP contribution in [0, 0.1) is 6.92 Å². The Kier molecular flexibility index (Phi) is 5.35. The molecule has 1 N–H and O–H groups in total. The summed E-state index contributed by atoms with van der Waals surface area (Å²) in [7, 11) is 0. The fraction of sp³-hybridized carbons (Fsp3) is 0.261. The first-order chi connectivity index (χ1) is 14.3. The van der Waals surface area contributed by atoms with Gasteiger partial charge in [-0.1, -0.05) is 35.4 Å². The monoisotopic (exact) mass is 422 g/mol. The van der Waals surface area contributed by atoms with E-state index in [1.54, 1.807) is 27.6 Å². The van der Waals surface area contributed by atoms with Gasteiger partial charge < -0.3 is 9.88 Å². The van der Waals surface area contributed by atoms with E-state index in [1.807, 2.05) is 51.1 Å². The number of aryl methyl sites for hydroxylation is 1. The first kappa shape index (κ1) is 20.2. The number of carbonyl (C=O) groups is 1. The molecule has 0 aliphatic rings. The zero-order valence-electron chi connectivity index (χ0n) is 17.1. The van der Waals surface area contributed by atoms with Crippen molar-refractivity contribution in [2.45, 2.75) is 39.9 Å². The topological polar surface area (TPSA) is 68.9 Å². The number of hydrogen-bond donors (Lipinski definition) is 1. The molecule has 0 fully saturated rings. The molecule has 0 aliphatic heterocycles. The van der Waals surface area contributed by atoms with Crippen LogP contribution in [0.1, 0.15) is 25.0 Å². The Morgan fingerprint density at radius 2 is 1.90 bits per heavy atom. The predicted octanol–water partition coefficient (Wildman–Crippen LogP) is 3.89. The number of amides is 1. The van der Waals surface area contributed by atoms with Crippen LogP contribution in [0.5, 0.6) is 0 Å². The highest BCUT2D eigenvalue weighted by Gasteiger charge is 2.19. The second-order valence-electron chi connectivity index (χ2n) is 7.83. The maximum atomic E-state index is 13.4. The van der Waals surface area contributed by atoms with Gasteiger partial charge in [0.15, 0.2) is 0 Å². The third-order valence-corrected chi connectivity index (χ3v) is 5.25. The van der Waals surface area contributed by atoms with E-state index in [0.717, 1.165) is 22.0 Å². The normalized spacial score (nSPS) is 11.5. The van der Waals surface area contributed by atoms with Gasteiger partial charge in [-0.15, -0.1) is 0 Å². The third kappa shape index (κ3) is 3.83. The summed E-state index contributed by atoms with van der Waals surface area (Å²) in [5.74, 6) is -0.142. The molecular formula is C23H23ClN4O2. The quantitative estimate of drug-likeness (QED) is 0.530. The summed E-state index contributed by atoms with van der Waals surface area (Å²) in [6, 6.07) is 13.3. The van der Waals surface area contributed by atoms with Gasteiger partial charge in [-0.05, 0) is 50.6 Å². The molecule has 2 aromatic heterocycles. The summed E-state index contributed by atoms with van der Waals surface area (Å²) in [5, 5.41) is 4.42. The van der Waals surface area contributed by atoms with Crippen molar-refractivity contribution in [1.29, 1.82) is 0 Å². The largest absolute Gasteiger partial charge is 0.352 e. The number of hydrogen-bond acceptors (Lipinski definition) is 3. The molecular weight excluding hydrogens is 400 g/mol. The Bertz CT molecular complexity index is 1300. The second kappa shape index (κ2) is 7.95. The number of halogens is 1. The molecule has 4 aromatic rings.